The first-order valence-electron chi connectivity index (χ1n) is 7.64. The van der Waals surface area contributed by atoms with Gasteiger partial charge in [-0.05, 0) is 30.9 Å². The number of H-pyrrole nitrogens is 1. The monoisotopic (exact) mass is 283 g/mol. The number of benzene rings is 1. The molecule has 1 fully saturated rings. The van der Waals surface area contributed by atoms with E-state index in [-0.39, 0.29) is 5.91 Å². The Bertz CT molecular complexity index is 565. The number of aryl methyl sites for hydroxylation is 1. The quantitative estimate of drug-likeness (QED) is 0.938. The highest BCUT2D eigenvalue weighted by molar-refractivity contribution is 5.76. The molecule has 0 unspecified atom stereocenters. The minimum absolute atomic E-state index is 0.267. The van der Waals surface area contributed by atoms with Gasteiger partial charge in [-0.3, -0.25) is 9.89 Å². The number of rotatable bonds is 4. The molecule has 0 radical (unpaired) electrons. The lowest BCUT2D eigenvalue weighted by Gasteiger charge is -2.32. The molecule has 1 aliphatic rings. The molecule has 0 saturated carbocycles. The lowest BCUT2D eigenvalue weighted by Crippen LogP contribution is -2.39. The van der Waals surface area contributed by atoms with Crippen LogP contribution in [0.15, 0.2) is 42.6 Å². The summed E-state index contributed by atoms with van der Waals surface area (Å²) < 4.78 is 0. The summed E-state index contributed by atoms with van der Waals surface area (Å²) in [5.74, 6) is 0.671. The number of hydrogen-bond acceptors (Lipinski definition) is 2. The van der Waals surface area contributed by atoms with Crippen molar-refractivity contribution in [2.75, 3.05) is 13.1 Å². The molecule has 21 heavy (non-hydrogen) atoms. The number of hydrogen-bond donors (Lipinski definition) is 1. The Hall–Kier alpha value is -2.10. The minimum Gasteiger partial charge on any atom is -0.342 e. The van der Waals surface area contributed by atoms with Gasteiger partial charge >= 0.3 is 0 Å². The van der Waals surface area contributed by atoms with Crippen molar-refractivity contribution in [1.29, 1.82) is 0 Å². The van der Waals surface area contributed by atoms with E-state index in [9.17, 15) is 4.79 Å². The van der Waals surface area contributed by atoms with Crippen LogP contribution in [0.5, 0.6) is 0 Å². The molecule has 2 heterocycles. The molecule has 4 nitrogen and oxygen atoms in total. The van der Waals surface area contributed by atoms with E-state index in [0.29, 0.717) is 12.3 Å². The number of carbonyl (C=O) groups excluding carboxylic acids is 1. The van der Waals surface area contributed by atoms with Crippen molar-refractivity contribution >= 4 is 5.91 Å². The van der Waals surface area contributed by atoms with Crippen LogP contribution in [-0.4, -0.2) is 34.1 Å². The van der Waals surface area contributed by atoms with Crippen molar-refractivity contribution in [1.82, 2.24) is 15.1 Å². The predicted octanol–water partition coefficient (Wildman–Crippen LogP) is 2.75. The SMILES string of the molecule is O=C(CCc1ccccc1)N1CCC[C@@H](c2ccn[nH]2)C1. The summed E-state index contributed by atoms with van der Waals surface area (Å²) in [6.07, 6.45) is 5.40. The van der Waals surface area contributed by atoms with Crippen molar-refractivity contribution < 1.29 is 4.79 Å². The van der Waals surface area contributed by atoms with Gasteiger partial charge in [0.2, 0.25) is 5.91 Å². The zero-order chi connectivity index (χ0) is 14.5. The summed E-state index contributed by atoms with van der Waals surface area (Å²) in [6.45, 7) is 1.70. The highest BCUT2D eigenvalue weighted by Crippen LogP contribution is 2.25. The van der Waals surface area contributed by atoms with Crippen molar-refractivity contribution in [2.45, 2.75) is 31.6 Å². The average Bonchev–Trinajstić information content (AvgIpc) is 3.08. The molecule has 1 aliphatic heterocycles. The smallest absolute Gasteiger partial charge is 0.222 e. The van der Waals surface area contributed by atoms with Crippen molar-refractivity contribution in [2.24, 2.45) is 0 Å². The zero-order valence-electron chi connectivity index (χ0n) is 12.2. The molecule has 0 spiro atoms. The Morgan fingerprint density at radius 2 is 2.14 bits per heavy atom. The molecule has 3 rings (SSSR count). The van der Waals surface area contributed by atoms with Crippen LogP contribution in [0.25, 0.3) is 0 Å². The van der Waals surface area contributed by atoms with Crippen LogP contribution in [0.2, 0.25) is 0 Å². The predicted molar refractivity (Wildman–Crippen MR) is 81.9 cm³/mol. The normalized spacial score (nSPS) is 18.7. The lowest BCUT2D eigenvalue weighted by molar-refractivity contribution is -0.132. The maximum absolute atomic E-state index is 12.4. The molecular formula is C17H21N3O. The van der Waals surface area contributed by atoms with Crippen LogP contribution in [0.1, 0.15) is 36.4 Å². The van der Waals surface area contributed by atoms with E-state index in [1.165, 1.54) is 5.56 Å². The number of aromatic amines is 1. The molecule has 1 amide bonds. The first-order chi connectivity index (χ1) is 10.3. The highest BCUT2D eigenvalue weighted by Gasteiger charge is 2.25. The van der Waals surface area contributed by atoms with Gasteiger partial charge in [0, 0.05) is 37.3 Å². The van der Waals surface area contributed by atoms with E-state index in [0.717, 1.165) is 38.0 Å². The van der Waals surface area contributed by atoms with Gasteiger partial charge in [-0.25, -0.2) is 0 Å². The number of nitrogens with one attached hydrogen (secondary N) is 1. The summed E-state index contributed by atoms with van der Waals surface area (Å²) in [4.78, 5) is 14.4. The second-order valence-corrected chi connectivity index (χ2v) is 5.68. The molecule has 1 aromatic carbocycles. The molecule has 2 aromatic rings. The van der Waals surface area contributed by atoms with Crippen LogP contribution in [0.4, 0.5) is 0 Å². The summed E-state index contributed by atoms with van der Waals surface area (Å²) in [6, 6.07) is 12.2. The van der Waals surface area contributed by atoms with Crippen LogP contribution in [0, 0.1) is 0 Å². The Kier molecular flexibility index (Phi) is 4.34. The maximum Gasteiger partial charge on any atom is 0.222 e. The lowest BCUT2D eigenvalue weighted by atomic mass is 9.94. The third kappa shape index (κ3) is 3.51. The van der Waals surface area contributed by atoms with E-state index >= 15 is 0 Å². The van der Waals surface area contributed by atoms with Crippen LogP contribution in [-0.2, 0) is 11.2 Å². The van der Waals surface area contributed by atoms with Crippen LogP contribution < -0.4 is 0 Å². The second kappa shape index (κ2) is 6.57. The van der Waals surface area contributed by atoms with Gasteiger partial charge < -0.3 is 4.90 Å². The molecule has 0 bridgehead atoms. The van der Waals surface area contributed by atoms with Gasteiger partial charge in [-0.1, -0.05) is 30.3 Å². The molecule has 1 aromatic heterocycles. The van der Waals surface area contributed by atoms with Gasteiger partial charge in [0.1, 0.15) is 0 Å². The third-order valence-electron chi connectivity index (χ3n) is 4.21. The Morgan fingerprint density at radius 3 is 2.90 bits per heavy atom. The van der Waals surface area contributed by atoms with E-state index in [1.807, 2.05) is 29.2 Å². The number of piperidine rings is 1. The third-order valence-corrected chi connectivity index (χ3v) is 4.21. The fraction of sp³-hybridized carbons (Fsp3) is 0.412. The maximum atomic E-state index is 12.4. The molecule has 1 atom stereocenters. The molecule has 0 aliphatic carbocycles. The molecule has 1 N–H and O–H groups in total. The van der Waals surface area contributed by atoms with Gasteiger partial charge in [-0.15, -0.1) is 0 Å². The highest BCUT2D eigenvalue weighted by atomic mass is 16.2. The van der Waals surface area contributed by atoms with Crippen LogP contribution >= 0.6 is 0 Å². The summed E-state index contributed by atoms with van der Waals surface area (Å²) >= 11 is 0. The Morgan fingerprint density at radius 1 is 1.29 bits per heavy atom. The average molecular weight is 283 g/mol. The summed E-state index contributed by atoms with van der Waals surface area (Å²) in [5, 5.41) is 7.05. The Labute approximate surface area is 125 Å². The number of nitrogens with zero attached hydrogens (tertiary/aromatic N) is 2. The van der Waals surface area contributed by atoms with E-state index in [1.54, 1.807) is 6.20 Å². The number of likely N-dealkylation sites (tertiary alicyclic amines) is 1. The molecule has 110 valence electrons. The first kappa shape index (κ1) is 13.9. The Balaban J connectivity index is 1.55. The first-order valence-corrected chi connectivity index (χ1v) is 7.64. The van der Waals surface area contributed by atoms with Crippen LogP contribution in [0.3, 0.4) is 0 Å². The van der Waals surface area contributed by atoms with E-state index in [2.05, 4.69) is 22.3 Å². The minimum atomic E-state index is 0.267. The summed E-state index contributed by atoms with van der Waals surface area (Å²) in [7, 11) is 0. The van der Waals surface area contributed by atoms with Gasteiger partial charge in [0.15, 0.2) is 0 Å². The van der Waals surface area contributed by atoms with E-state index < -0.39 is 0 Å². The molecular weight excluding hydrogens is 262 g/mol. The number of amides is 1. The topological polar surface area (TPSA) is 49.0 Å². The fourth-order valence-corrected chi connectivity index (χ4v) is 3.01. The molecule has 1 saturated heterocycles. The van der Waals surface area contributed by atoms with Crippen molar-refractivity contribution in [3.05, 3.63) is 53.9 Å². The zero-order valence-corrected chi connectivity index (χ0v) is 12.2. The van der Waals surface area contributed by atoms with Crippen molar-refractivity contribution in [3.8, 4) is 0 Å². The standard InChI is InChI=1S/C17H21N3O/c21-17(9-8-14-5-2-1-3-6-14)20-12-4-7-15(13-20)16-10-11-18-19-16/h1-3,5-6,10-11,15H,4,7-9,12-13H2,(H,18,19)/t15-/m1/s1. The number of aromatic nitrogens is 2. The fourth-order valence-electron chi connectivity index (χ4n) is 3.01. The van der Waals surface area contributed by atoms with Gasteiger partial charge in [-0.2, -0.15) is 5.10 Å². The van der Waals surface area contributed by atoms with Gasteiger partial charge in [0.25, 0.3) is 0 Å². The molecule has 4 heteroatoms. The number of carbonyl (C=O) groups is 1. The largest absolute Gasteiger partial charge is 0.342 e. The van der Waals surface area contributed by atoms with Gasteiger partial charge in [0.05, 0.1) is 0 Å². The summed E-state index contributed by atoms with van der Waals surface area (Å²) in [5.41, 5.74) is 2.38. The van der Waals surface area contributed by atoms with Crippen molar-refractivity contribution in [3.63, 3.8) is 0 Å². The second-order valence-electron chi connectivity index (χ2n) is 5.68. The van der Waals surface area contributed by atoms with E-state index in [4.69, 9.17) is 0 Å².